The zero-order chi connectivity index (χ0) is 27.5. The molecule has 2 aromatic rings. The van der Waals surface area contributed by atoms with Crippen molar-refractivity contribution < 1.29 is 46.7 Å². The Morgan fingerprint density at radius 3 is 2.41 bits per heavy atom. The molecule has 0 unspecified atom stereocenters. The second-order valence-electron chi connectivity index (χ2n) is 7.76. The number of nitro benzene ring substituents is 1. The van der Waals surface area contributed by atoms with Gasteiger partial charge in [-0.25, -0.2) is 0 Å². The lowest BCUT2D eigenvalue weighted by atomic mass is 10.1. The highest BCUT2D eigenvalue weighted by molar-refractivity contribution is 8.18. The van der Waals surface area contributed by atoms with E-state index < -0.39 is 57.9 Å². The summed E-state index contributed by atoms with van der Waals surface area (Å²) < 4.78 is 54.5. The Kier molecular flexibility index (Phi) is 8.11. The first-order chi connectivity index (χ1) is 17.3. The number of rotatable bonds is 8. The lowest BCUT2D eigenvalue weighted by Crippen LogP contribution is -2.35. The van der Waals surface area contributed by atoms with E-state index in [4.69, 9.17) is 14.2 Å². The molecule has 2 amide bonds. The fraction of sp³-hybridized carbons (Fsp3) is 0.261. The highest BCUT2D eigenvalue weighted by Gasteiger charge is 2.37. The van der Waals surface area contributed by atoms with Crippen LogP contribution in [-0.2, 0) is 20.5 Å². The van der Waals surface area contributed by atoms with Crippen LogP contribution in [0.15, 0.2) is 41.3 Å². The lowest BCUT2D eigenvalue weighted by Gasteiger charge is -2.13. The zero-order valence-corrected chi connectivity index (χ0v) is 20.3. The Labute approximate surface area is 212 Å². The minimum Gasteiger partial charge on any atom is -0.493 e. The van der Waals surface area contributed by atoms with Crippen molar-refractivity contribution in [2.24, 2.45) is 0 Å². The van der Waals surface area contributed by atoms with E-state index >= 15 is 0 Å². The summed E-state index contributed by atoms with van der Waals surface area (Å²) in [6.07, 6.45) is -3.83. The Morgan fingerprint density at radius 2 is 1.81 bits per heavy atom. The third-order valence-corrected chi connectivity index (χ3v) is 5.62. The van der Waals surface area contributed by atoms with Crippen LogP contribution < -0.4 is 9.47 Å². The number of carbonyl (C=O) groups excluding carboxylic acids is 3. The van der Waals surface area contributed by atoms with Gasteiger partial charge in [0.25, 0.3) is 11.1 Å². The van der Waals surface area contributed by atoms with Gasteiger partial charge in [-0.05, 0) is 61.5 Å². The van der Waals surface area contributed by atoms with Crippen LogP contribution in [0.3, 0.4) is 0 Å². The summed E-state index contributed by atoms with van der Waals surface area (Å²) in [5, 5.41) is 10.7. The van der Waals surface area contributed by atoms with Crippen molar-refractivity contribution in [2.75, 3.05) is 13.7 Å². The Morgan fingerprint density at radius 1 is 1.14 bits per heavy atom. The third kappa shape index (κ3) is 6.58. The first-order valence-corrected chi connectivity index (χ1v) is 11.3. The number of nitro groups is 1. The van der Waals surface area contributed by atoms with Gasteiger partial charge in [0.1, 0.15) is 6.54 Å². The smallest absolute Gasteiger partial charge is 0.416 e. The van der Waals surface area contributed by atoms with Gasteiger partial charge in [0.05, 0.1) is 28.6 Å². The van der Waals surface area contributed by atoms with E-state index in [0.717, 1.165) is 11.0 Å². The molecule has 1 aliphatic heterocycles. The summed E-state index contributed by atoms with van der Waals surface area (Å²) in [6.45, 7) is 2.71. The number of methoxy groups -OCH3 is 1. The van der Waals surface area contributed by atoms with E-state index in [1.807, 2.05) is 0 Å². The molecule has 2 aromatic carbocycles. The number of hydrogen-bond donors (Lipinski definition) is 0. The molecule has 0 atom stereocenters. The number of hydrogen-bond acceptors (Lipinski definition) is 9. The van der Waals surface area contributed by atoms with E-state index in [9.17, 15) is 37.7 Å². The summed E-state index contributed by atoms with van der Waals surface area (Å²) in [5.41, 5.74) is -1.73. The molecule has 0 radical (unpaired) electrons. The number of benzene rings is 2. The summed E-state index contributed by atoms with van der Waals surface area (Å²) >= 11 is 0.618. The SMILES string of the molecule is COc1cc(/C=C2/SC(=O)N(CC(=O)OC(C)C)C2=O)ccc1Oc1ccc(C(F)(F)F)cc1[N+](=O)[O-]. The molecule has 0 saturated carbocycles. The molecule has 0 bridgehead atoms. The van der Waals surface area contributed by atoms with Gasteiger partial charge in [0.15, 0.2) is 11.5 Å². The summed E-state index contributed by atoms with van der Waals surface area (Å²) in [5.74, 6) is -1.89. The maximum Gasteiger partial charge on any atom is 0.416 e. The summed E-state index contributed by atoms with van der Waals surface area (Å²) in [6, 6.07) is 6.01. The maximum atomic E-state index is 12.9. The van der Waals surface area contributed by atoms with Gasteiger partial charge in [-0.2, -0.15) is 13.2 Å². The van der Waals surface area contributed by atoms with Crippen LogP contribution in [0.4, 0.5) is 23.7 Å². The normalized spacial score (nSPS) is 14.9. The molecule has 1 fully saturated rings. The van der Waals surface area contributed by atoms with Crippen molar-refractivity contribution in [1.29, 1.82) is 0 Å². The van der Waals surface area contributed by atoms with Crippen LogP contribution >= 0.6 is 11.8 Å². The molecule has 1 heterocycles. The summed E-state index contributed by atoms with van der Waals surface area (Å²) in [4.78, 5) is 47.8. The van der Waals surface area contributed by atoms with Crippen molar-refractivity contribution in [2.45, 2.75) is 26.1 Å². The number of imide groups is 1. The van der Waals surface area contributed by atoms with Gasteiger partial charge in [-0.1, -0.05) is 6.07 Å². The second kappa shape index (κ2) is 10.9. The lowest BCUT2D eigenvalue weighted by molar-refractivity contribution is -0.385. The highest BCUT2D eigenvalue weighted by atomic mass is 32.2. The quantitative estimate of drug-likeness (QED) is 0.187. The van der Waals surface area contributed by atoms with Crippen LogP contribution in [0, 0.1) is 10.1 Å². The topological polar surface area (TPSA) is 125 Å². The van der Waals surface area contributed by atoms with Crippen LogP contribution in [0.2, 0.25) is 0 Å². The van der Waals surface area contributed by atoms with Gasteiger partial charge < -0.3 is 14.2 Å². The number of alkyl halides is 3. The predicted octanol–water partition coefficient (Wildman–Crippen LogP) is 5.40. The van der Waals surface area contributed by atoms with Gasteiger partial charge in [0.2, 0.25) is 5.75 Å². The molecule has 196 valence electrons. The largest absolute Gasteiger partial charge is 0.493 e. The zero-order valence-electron chi connectivity index (χ0n) is 19.5. The molecule has 1 saturated heterocycles. The number of carbonyl (C=O) groups is 3. The Hall–Kier alpha value is -4.07. The van der Waals surface area contributed by atoms with Crippen LogP contribution in [0.5, 0.6) is 17.2 Å². The number of esters is 1. The van der Waals surface area contributed by atoms with Crippen molar-refractivity contribution in [3.63, 3.8) is 0 Å². The van der Waals surface area contributed by atoms with Gasteiger partial charge in [-0.3, -0.25) is 29.4 Å². The van der Waals surface area contributed by atoms with E-state index in [1.54, 1.807) is 13.8 Å². The predicted molar refractivity (Wildman–Crippen MR) is 125 cm³/mol. The van der Waals surface area contributed by atoms with Crippen molar-refractivity contribution >= 4 is 40.6 Å². The fourth-order valence-electron chi connectivity index (χ4n) is 3.12. The van der Waals surface area contributed by atoms with Crippen molar-refractivity contribution in [3.05, 3.63) is 62.5 Å². The molecular formula is C23H19F3N2O8S. The molecule has 3 rings (SSSR count). The third-order valence-electron chi connectivity index (χ3n) is 4.72. The molecular weight excluding hydrogens is 521 g/mol. The van der Waals surface area contributed by atoms with Crippen molar-refractivity contribution in [3.8, 4) is 17.2 Å². The second-order valence-corrected chi connectivity index (χ2v) is 8.75. The number of halogens is 3. The van der Waals surface area contributed by atoms with Gasteiger partial charge in [0, 0.05) is 6.07 Å². The first-order valence-electron chi connectivity index (χ1n) is 10.5. The van der Waals surface area contributed by atoms with Crippen LogP contribution in [-0.4, -0.2) is 46.7 Å². The van der Waals surface area contributed by atoms with Crippen LogP contribution in [0.25, 0.3) is 6.08 Å². The molecule has 0 aliphatic carbocycles. The average molecular weight is 540 g/mol. The average Bonchev–Trinajstić information content (AvgIpc) is 3.06. The number of thioether (sulfide) groups is 1. The molecule has 0 N–H and O–H groups in total. The molecule has 0 aromatic heterocycles. The van der Waals surface area contributed by atoms with Crippen LogP contribution in [0.1, 0.15) is 25.0 Å². The minimum absolute atomic E-state index is 0.0245. The van der Waals surface area contributed by atoms with Crippen molar-refractivity contribution in [1.82, 2.24) is 4.90 Å². The standard InChI is InChI=1S/C23H19F3N2O8S/c1-12(2)35-20(29)11-27-21(30)19(37-22(27)31)9-13-4-6-17(18(8-13)34-3)36-16-7-5-14(23(24,25)26)10-15(16)28(32)33/h4-10,12H,11H2,1-3H3/b19-9+. The Bertz CT molecular complexity index is 1290. The highest BCUT2D eigenvalue weighted by Crippen LogP contribution is 2.41. The first kappa shape index (κ1) is 27.5. The molecule has 0 spiro atoms. The number of nitrogens with zero attached hydrogens (tertiary/aromatic N) is 2. The van der Waals surface area contributed by atoms with E-state index in [0.29, 0.717) is 29.5 Å². The van der Waals surface area contributed by atoms with Gasteiger partial charge in [-0.15, -0.1) is 0 Å². The minimum atomic E-state index is -4.78. The van der Waals surface area contributed by atoms with E-state index in [1.165, 1.54) is 31.4 Å². The fourth-order valence-corrected chi connectivity index (χ4v) is 3.95. The molecule has 10 nitrogen and oxygen atoms in total. The number of amides is 2. The van der Waals surface area contributed by atoms with Gasteiger partial charge >= 0.3 is 17.8 Å². The monoisotopic (exact) mass is 540 g/mol. The molecule has 14 heteroatoms. The maximum absolute atomic E-state index is 12.9. The Balaban J connectivity index is 1.85. The molecule has 37 heavy (non-hydrogen) atoms. The van der Waals surface area contributed by atoms with E-state index in [2.05, 4.69) is 0 Å². The number of ether oxygens (including phenoxy) is 3. The summed E-state index contributed by atoms with van der Waals surface area (Å²) in [7, 11) is 1.27. The molecule has 1 aliphatic rings. The van der Waals surface area contributed by atoms with E-state index in [-0.39, 0.29) is 16.4 Å².